The lowest BCUT2D eigenvalue weighted by atomic mass is 9.76. The Kier molecular flexibility index (Phi) is 14.3. The van der Waals surface area contributed by atoms with Crippen LogP contribution in [0.1, 0.15) is 90.5 Å². The van der Waals surface area contributed by atoms with Crippen LogP contribution in [-0.2, 0) is 35.2 Å². The van der Waals surface area contributed by atoms with Crippen LogP contribution in [0.5, 0.6) is 5.75 Å². The maximum absolute atomic E-state index is 12.0. The summed E-state index contributed by atoms with van der Waals surface area (Å²) in [6, 6.07) is 18.7. The van der Waals surface area contributed by atoms with E-state index in [2.05, 4.69) is 56.9 Å². The van der Waals surface area contributed by atoms with E-state index in [1.807, 2.05) is 79.1 Å². The highest BCUT2D eigenvalue weighted by molar-refractivity contribution is 7.86. The average molecular weight is 828 g/mol. The van der Waals surface area contributed by atoms with Gasteiger partial charge in [0.05, 0.1) is 26.0 Å². The molecule has 308 valence electrons. The van der Waals surface area contributed by atoms with Gasteiger partial charge in [-0.25, -0.2) is 16.8 Å². The third-order valence-electron chi connectivity index (χ3n) is 10.5. The smallest absolute Gasteiger partial charge is 0.373 e. The monoisotopic (exact) mass is 827 g/mol. The second kappa shape index (κ2) is 18.2. The molecule has 3 aliphatic rings. The zero-order valence-electron chi connectivity index (χ0n) is 32.9. The molecule has 0 amide bonds. The van der Waals surface area contributed by atoms with E-state index in [1.54, 1.807) is 6.07 Å². The molecule has 3 heterocycles. The molecule has 0 fully saturated rings. The molecule has 0 spiro atoms. The van der Waals surface area contributed by atoms with Crippen molar-refractivity contribution in [3.05, 3.63) is 125 Å². The van der Waals surface area contributed by atoms with E-state index in [1.165, 1.54) is 17.7 Å². The molecule has 0 aromatic heterocycles. The van der Waals surface area contributed by atoms with E-state index >= 15 is 0 Å². The number of hydrogen-bond acceptors (Lipinski definition) is 10. The van der Waals surface area contributed by atoms with Gasteiger partial charge in [0.1, 0.15) is 28.2 Å². The summed E-state index contributed by atoms with van der Waals surface area (Å²) in [4.78, 5) is 18.3. The number of likely N-dealkylation sites (N-methyl/N-ethyl adjacent to an activating group) is 1. The number of ether oxygens (including phenoxy) is 1. The first-order valence-corrected chi connectivity index (χ1v) is 21.7. The predicted molar refractivity (Wildman–Crippen MR) is 226 cm³/mol. The van der Waals surface area contributed by atoms with Crippen molar-refractivity contribution in [3.63, 3.8) is 0 Å². The summed E-state index contributed by atoms with van der Waals surface area (Å²) in [5.41, 5.74) is 7.77. The lowest BCUT2D eigenvalue weighted by Crippen LogP contribution is -2.44. The first-order valence-electron chi connectivity index (χ1n) is 18.7. The summed E-state index contributed by atoms with van der Waals surface area (Å²) in [5.74, 6) is 0.990. The van der Waals surface area contributed by atoms with Crippen molar-refractivity contribution in [3.8, 4) is 5.75 Å². The summed E-state index contributed by atoms with van der Waals surface area (Å²) < 4.78 is 79.0. The van der Waals surface area contributed by atoms with Gasteiger partial charge >= 0.3 is 6.15 Å². The van der Waals surface area contributed by atoms with Gasteiger partial charge in [0.2, 0.25) is 5.69 Å². The highest BCUT2D eigenvalue weighted by Crippen LogP contribution is 2.47. The minimum atomic E-state index is -4.71. The Morgan fingerprint density at radius 1 is 0.914 bits per heavy atom. The molecule has 13 heteroatoms. The Labute approximate surface area is 343 Å². The lowest BCUT2D eigenvalue weighted by molar-refractivity contribution is -0.437. The fourth-order valence-corrected chi connectivity index (χ4v) is 9.18. The van der Waals surface area contributed by atoms with Crippen molar-refractivity contribution >= 4 is 60.4 Å². The molecule has 3 aromatic carbocycles. The first-order chi connectivity index (χ1) is 26.9. The van der Waals surface area contributed by atoms with Gasteiger partial charge in [-0.2, -0.15) is 14.2 Å². The number of carbonyl (C=O) groups excluding carboxylic acids is 2. The highest BCUT2D eigenvalue weighted by atomic mass is 32.2. The van der Waals surface area contributed by atoms with Gasteiger partial charge in [-0.15, -0.1) is 0 Å². The second-order valence-electron chi connectivity index (χ2n) is 14.9. The molecule has 11 nitrogen and oxygen atoms in total. The van der Waals surface area contributed by atoms with Gasteiger partial charge in [0, 0.05) is 64.9 Å². The predicted octanol–water partition coefficient (Wildman–Crippen LogP) is 8.39. The first kappa shape index (κ1) is 45.5. The van der Waals surface area contributed by atoms with Crippen molar-refractivity contribution < 1.29 is 44.8 Å². The van der Waals surface area contributed by atoms with Gasteiger partial charge in [-0.3, -0.25) is 0 Å². The third kappa shape index (κ3) is 9.74. The van der Waals surface area contributed by atoms with Gasteiger partial charge in [0.15, 0.2) is 5.71 Å². The molecule has 58 heavy (non-hydrogen) atoms. The summed E-state index contributed by atoms with van der Waals surface area (Å²) in [7, 11) is -9.14. The standard InChI is InChI=1S/C43H48N2O7S2.CO2.CH4/c1-7-22-43(6)36-26-33(54(49,50)51)20-21-37(36)44(23-15-24-53(46,47)48)41(43)19-14-10-13-18-32-25-39(31-16-11-9-12-17-31)52-40-28-38-34(27-35(32)40)30(3)29-42(4,5)45(38)8-2;2-1-3;/h9-14,16-21,25-29H,7-8,15,22-24H2,1-6H3,(H-,46,47,48,49,50,51);;1H4/p-1. The van der Waals surface area contributed by atoms with Gasteiger partial charge in [-0.1, -0.05) is 81.5 Å². The highest BCUT2D eigenvalue weighted by Gasteiger charge is 2.47. The van der Waals surface area contributed by atoms with E-state index in [0.717, 1.165) is 58.1 Å². The zero-order valence-corrected chi connectivity index (χ0v) is 34.6. The van der Waals surface area contributed by atoms with Crippen LogP contribution in [0.25, 0.3) is 16.9 Å². The molecule has 0 radical (unpaired) electrons. The average Bonchev–Trinajstić information content (AvgIpc) is 3.36. The van der Waals surface area contributed by atoms with E-state index in [-0.39, 0.29) is 37.0 Å². The van der Waals surface area contributed by atoms with Crippen molar-refractivity contribution in [2.24, 2.45) is 0 Å². The molecule has 0 saturated carbocycles. The number of fused-ring (bicyclic) bond motifs is 3. The van der Waals surface area contributed by atoms with Crippen molar-refractivity contribution in [1.29, 1.82) is 0 Å². The molecule has 6 rings (SSSR count). The number of allylic oxidation sites excluding steroid dienone is 8. The molecular formula is C45H51N2O9S2-. The summed E-state index contributed by atoms with van der Waals surface area (Å²) in [6.07, 6.45) is 15.9. The number of anilines is 1. The van der Waals surface area contributed by atoms with Crippen LogP contribution in [0.15, 0.2) is 108 Å². The van der Waals surface area contributed by atoms with E-state index in [0.29, 0.717) is 17.7 Å². The van der Waals surface area contributed by atoms with Gasteiger partial charge in [0.25, 0.3) is 0 Å². The van der Waals surface area contributed by atoms with E-state index < -0.39 is 31.4 Å². The third-order valence-corrected chi connectivity index (χ3v) is 12.2. The van der Waals surface area contributed by atoms with Crippen LogP contribution < -0.4 is 9.64 Å². The van der Waals surface area contributed by atoms with E-state index in [9.17, 15) is 25.9 Å². The Balaban J connectivity index is 0.00000180. The summed E-state index contributed by atoms with van der Waals surface area (Å²) in [6.45, 7) is 13.8. The summed E-state index contributed by atoms with van der Waals surface area (Å²) in [5, 5.41) is 0. The molecular weight excluding hydrogens is 777 g/mol. The molecule has 3 aliphatic heterocycles. The largest absolute Gasteiger partial charge is 0.748 e. The van der Waals surface area contributed by atoms with Crippen LogP contribution in [0, 0.1) is 0 Å². The zero-order chi connectivity index (χ0) is 41.8. The van der Waals surface area contributed by atoms with Gasteiger partial charge in [-0.05, 0) is 76.5 Å². The number of nitrogens with zero attached hydrogens (tertiary/aromatic N) is 2. The number of benzene rings is 3. The fraction of sp³-hybridized carbons (Fsp3) is 0.333. The van der Waals surface area contributed by atoms with Gasteiger partial charge < -0.3 is 18.7 Å². The summed E-state index contributed by atoms with van der Waals surface area (Å²) >= 11 is 0. The topological polar surface area (TPSA) is 164 Å². The molecule has 0 saturated heterocycles. The minimum absolute atomic E-state index is 0. The Hall–Kier alpha value is -5.17. The maximum Gasteiger partial charge on any atom is 0.373 e. The molecule has 0 N–H and O–H groups in total. The molecule has 0 bridgehead atoms. The Morgan fingerprint density at radius 3 is 2.22 bits per heavy atom. The molecule has 0 aliphatic carbocycles. The van der Waals surface area contributed by atoms with E-state index in [4.69, 9.17) is 14.3 Å². The van der Waals surface area contributed by atoms with Crippen molar-refractivity contribution in [2.75, 3.05) is 23.7 Å². The van der Waals surface area contributed by atoms with Crippen LogP contribution >= 0.6 is 0 Å². The second-order valence-corrected chi connectivity index (χ2v) is 17.8. The quantitative estimate of drug-likeness (QED) is 0.0984. The Bertz CT molecular complexity index is 2490. The van der Waals surface area contributed by atoms with Crippen LogP contribution in [0.3, 0.4) is 0 Å². The molecule has 1 atom stereocenters. The van der Waals surface area contributed by atoms with Crippen molar-refractivity contribution in [1.82, 2.24) is 0 Å². The maximum atomic E-state index is 12.0. The molecule has 3 aromatic rings. The molecule has 1 unspecified atom stereocenters. The van der Waals surface area contributed by atoms with Crippen molar-refractivity contribution in [2.45, 2.75) is 84.1 Å². The Morgan fingerprint density at radius 2 is 1.60 bits per heavy atom. The number of rotatable bonds is 12. The number of hydrogen-bond donors (Lipinski definition) is 0. The lowest BCUT2D eigenvalue weighted by Gasteiger charge is -2.43. The van der Waals surface area contributed by atoms with Crippen LogP contribution in [0.4, 0.5) is 11.4 Å². The minimum Gasteiger partial charge on any atom is -0.748 e. The van der Waals surface area contributed by atoms with Crippen LogP contribution in [0.2, 0.25) is 0 Å². The SMILES string of the molecule is C.CCCC1(C)C(C=CC=CC=C2C=C(c3ccccc3)Oc3cc4c(cc32)C(C)=CC(C)(C)N4CC)=[N+](CCCS(=O)(=O)[O-])c2ccc(S(=O)(=O)[O-])cc21.O=C=O. The normalized spacial score (nSPS) is 19.0. The fourth-order valence-electron chi connectivity index (χ4n) is 8.20. The van der Waals surface area contributed by atoms with Crippen LogP contribution in [-0.4, -0.2) is 66.8 Å².